The summed E-state index contributed by atoms with van der Waals surface area (Å²) in [6.45, 7) is 5.86. The minimum atomic E-state index is -0.413. The molecule has 2 aliphatic carbocycles. The van der Waals surface area contributed by atoms with Gasteiger partial charge in [0.05, 0.1) is 0 Å². The molecule has 0 radical (unpaired) electrons. The summed E-state index contributed by atoms with van der Waals surface area (Å²) < 4.78 is 0. The summed E-state index contributed by atoms with van der Waals surface area (Å²) in [6, 6.07) is 7.22. The van der Waals surface area contributed by atoms with Crippen LogP contribution in [0.2, 0.25) is 5.02 Å². The van der Waals surface area contributed by atoms with Gasteiger partial charge in [-0.25, -0.2) is 0 Å². The van der Waals surface area contributed by atoms with Crippen LogP contribution in [0, 0.1) is 22.7 Å². The van der Waals surface area contributed by atoms with Crippen molar-refractivity contribution in [2.75, 3.05) is 18.4 Å². The third-order valence-corrected chi connectivity index (χ3v) is 7.14. The average Bonchev–Trinajstić information content (AvgIpc) is 2.44. The molecule has 140 valence electrons. The standard InChI is InChI=1S/C21H27ClN2O2/c1-20(2,19(26)23-17-8-6-16(22)7-9-17)15-10-21(11-15)12-24(13-21)18(25)14-4-3-5-14/h6-9,14-15H,3-5,10-13H2,1-2H3,(H,23,26). The van der Waals surface area contributed by atoms with Crippen molar-refractivity contribution in [3.8, 4) is 0 Å². The van der Waals surface area contributed by atoms with Gasteiger partial charge in [0.25, 0.3) is 0 Å². The van der Waals surface area contributed by atoms with E-state index >= 15 is 0 Å². The Labute approximate surface area is 160 Å². The molecular formula is C21H27ClN2O2. The summed E-state index contributed by atoms with van der Waals surface area (Å²) in [7, 11) is 0. The van der Waals surface area contributed by atoms with Crippen molar-refractivity contribution in [1.29, 1.82) is 0 Å². The fraction of sp³-hybridized carbons (Fsp3) is 0.619. The van der Waals surface area contributed by atoms with Crippen molar-refractivity contribution < 1.29 is 9.59 Å². The van der Waals surface area contributed by atoms with Crippen LogP contribution in [0.1, 0.15) is 46.0 Å². The van der Waals surface area contributed by atoms with E-state index in [0.717, 1.165) is 44.5 Å². The Hall–Kier alpha value is -1.55. The van der Waals surface area contributed by atoms with Crippen LogP contribution in [-0.2, 0) is 9.59 Å². The molecule has 2 saturated carbocycles. The highest BCUT2D eigenvalue weighted by Gasteiger charge is 2.58. The first kappa shape index (κ1) is 17.8. The number of anilines is 1. The number of hydrogen-bond donors (Lipinski definition) is 1. The summed E-state index contributed by atoms with van der Waals surface area (Å²) in [4.78, 5) is 27.1. The molecular weight excluding hydrogens is 348 g/mol. The molecule has 4 nitrogen and oxygen atoms in total. The lowest BCUT2D eigenvalue weighted by atomic mass is 9.51. The van der Waals surface area contributed by atoms with Gasteiger partial charge in [-0.3, -0.25) is 9.59 Å². The second kappa shape index (κ2) is 6.26. The Morgan fingerprint density at radius 1 is 1.15 bits per heavy atom. The van der Waals surface area contributed by atoms with Crippen LogP contribution in [0.4, 0.5) is 5.69 Å². The maximum atomic E-state index is 12.8. The first-order valence-corrected chi connectivity index (χ1v) is 10.0. The van der Waals surface area contributed by atoms with Gasteiger partial charge in [-0.2, -0.15) is 0 Å². The summed E-state index contributed by atoms with van der Waals surface area (Å²) in [5.74, 6) is 1.09. The Kier molecular flexibility index (Phi) is 4.30. The van der Waals surface area contributed by atoms with E-state index in [2.05, 4.69) is 5.32 Å². The first-order valence-electron chi connectivity index (χ1n) is 9.65. The van der Waals surface area contributed by atoms with Crippen molar-refractivity contribution in [1.82, 2.24) is 4.90 Å². The number of amides is 2. The normalized spacial score (nSPS) is 22.3. The highest BCUT2D eigenvalue weighted by molar-refractivity contribution is 6.30. The van der Waals surface area contributed by atoms with Crippen LogP contribution < -0.4 is 5.32 Å². The Bertz CT molecular complexity index is 710. The summed E-state index contributed by atoms with van der Waals surface area (Å²) in [5, 5.41) is 3.68. The van der Waals surface area contributed by atoms with Crippen molar-refractivity contribution in [2.24, 2.45) is 22.7 Å². The molecule has 1 spiro atoms. The second-order valence-corrected chi connectivity index (χ2v) is 9.55. The Morgan fingerprint density at radius 3 is 2.31 bits per heavy atom. The maximum Gasteiger partial charge on any atom is 0.230 e. The van der Waals surface area contributed by atoms with Gasteiger partial charge in [-0.15, -0.1) is 0 Å². The minimum Gasteiger partial charge on any atom is -0.341 e. The molecule has 0 unspecified atom stereocenters. The van der Waals surface area contributed by atoms with Gasteiger partial charge >= 0.3 is 0 Å². The fourth-order valence-corrected chi connectivity index (χ4v) is 4.72. The van der Waals surface area contributed by atoms with E-state index in [1.54, 1.807) is 12.1 Å². The second-order valence-electron chi connectivity index (χ2n) is 9.11. The number of carbonyl (C=O) groups excluding carboxylic acids is 2. The van der Waals surface area contributed by atoms with Gasteiger partial charge in [0.2, 0.25) is 11.8 Å². The molecule has 1 aromatic rings. The highest BCUT2D eigenvalue weighted by Crippen LogP contribution is 2.58. The van der Waals surface area contributed by atoms with Crippen LogP contribution >= 0.6 is 11.6 Å². The van der Waals surface area contributed by atoms with Gasteiger partial charge in [-0.05, 0) is 55.9 Å². The summed E-state index contributed by atoms with van der Waals surface area (Å²) in [6.07, 6.45) is 5.44. The highest BCUT2D eigenvalue weighted by atomic mass is 35.5. The molecule has 2 amide bonds. The number of rotatable bonds is 4. The molecule has 4 rings (SSSR count). The van der Waals surface area contributed by atoms with Crippen LogP contribution in [0.3, 0.4) is 0 Å². The molecule has 1 heterocycles. The third kappa shape index (κ3) is 3.02. The van der Waals surface area contributed by atoms with Crippen molar-refractivity contribution in [3.63, 3.8) is 0 Å². The molecule has 5 heteroatoms. The molecule has 3 fully saturated rings. The van der Waals surface area contributed by atoms with E-state index in [1.807, 2.05) is 30.9 Å². The van der Waals surface area contributed by atoms with Gasteiger partial charge in [0.15, 0.2) is 0 Å². The van der Waals surface area contributed by atoms with Crippen LogP contribution in [0.25, 0.3) is 0 Å². The van der Waals surface area contributed by atoms with Crippen LogP contribution in [-0.4, -0.2) is 29.8 Å². The van der Waals surface area contributed by atoms with Gasteiger partial charge in [0.1, 0.15) is 0 Å². The van der Waals surface area contributed by atoms with Crippen molar-refractivity contribution in [3.05, 3.63) is 29.3 Å². The lowest BCUT2D eigenvalue weighted by molar-refractivity contribution is -0.170. The van der Waals surface area contributed by atoms with E-state index in [-0.39, 0.29) is 11.3 Å². The predicted octanol–water partition coefficient (Wildman–Crippen LogP) is 4.34. The number of hydrogen-bond acceptors (Lipinski definition) is 2. The zero-order valence-corrected chi connectivity index (χ0v) is 16.3. The fourth-order valence-electron chi connectivity index (χ4n) is 4.60. The number of benzene rings is 1. The SMILES string of the molecule is CC(C)(C(=O)Nc1ccc(Cl)cc1)C1CC2(C1)CN(C(=O)C1CCC1)C2. The molecule has 3 aliphatic rings. The number of likely N-dealkylation sites (tertiary alicyclic amines) is 1. The minimum absolute atomic E-state index is 0.0568. The molecule has 1 N–H and O–H groups in total. The van der Waals surface area contributed by atoms with Gasteiger partial charge in [0, 0.05) is 40.5 Å². The Morgan fingerprint density at radius 2 is 1.77 bits per heavy atom. The van der Waals surface area contributed by atoms with Crippen LogP contribution in [0.15, 0.2) is 24.3 Å². The molecule has 1 aliphatic heterocycles. The van der Waals surface area contributed by atoms with E-state index in [1.165, 1.54) is 6.42 Å². The first-order chi connectivity index (χ1) is 12.3. The average molecular weight is 375 g/mol. The number of carbonyl (C=O) groups is 2. The topological polar surface area (TPSA) is 49.4 Å². The molecule has 0 aromatic heterocycles. The summed E-state index contributed by atoms with van der Waals surface area (Å²) >= 11 is 5.90. The van der Waals surface area contributed by atoms with Gasteiger partial charge in [-0.1, -0.05) is 31.9 Å². The van der Waals surface area contributed by atoms with E-state index in [9.17, 15) is 9.59 Å². The summed E-state index contributed by atoms with van der Waals surface area (Å²) in [5.41, 5.74) is 0.646. The van der Waals surface area contributed by atoms with E-state index in [4.69, 9.17) is 11.6 Å². The molecule has 0 bridgehead atoms. The molecule has 0 atom stereocenters. The monoisotopic (exact) mass is 374 g/mol. The number of nitrogens with one attached hydrogen (secondary N) is 1. The third-order valence-electron chi connectivity index (χ3n) is 6.89. The molecule has 1 aromatic carbocycles. The van der Waals surface area contributed by atoms with Gasteiger partial charge < -0.3 is 10.2 Å². The predicted molar refractivity (Wildman–Crippen MR) is 103 cm³/mol. The largest absolute Gasteiger partial charge is 0.341 e. The maximum absolute atomic E-state index is 12.8. The smallest absolute Gasteiger partial charge is 0.230 e. The van der Waals surface area contributed by atoms with Crippen molar-refractivity contribution >= 4 is 29.1 Å². The number of nitrogens with zero attached hydrogens (tertiary/aromatic N) is 1. The molecule has 1 saturated heterocycles. The lowest BCUT2D eigenvalue weighted by Gasteiger charge is -2.62. The van der Waals surface area contributed by atoms with E-state index < -0.39 is 5.41 Å². The quantitative estimate of drug-likeness (QED) is 0.852. The zero-order chi connectivity index (χ0) is 18.5. The zero-order valence-electron chi connectivity index (χ0n) is 15.6. The Balaban J connectivity index is 1.29. The van der Waals surface area contributed by atoms with E-state index in [0.29, 0.717) is 22.8 Å². The molecule has 26 heavy (non-hydrogen) atoms. The number of halogens is 1. The lowest BCUT2D eigenvalue weighted by Crippen LogP contribution is -2.66. The van der Waals surface area contributed by atoms with Crippen LogP contribution in [0.5, 0.6) is 0 Å². The van der Waals surface area contributed by atoms with Crippen molar-refractivity contribution in [2.45, 2.75) is 46.0 Å².